The molecule has 3 aromatic rings. The van der Waals surface area contributed by atoms with E-state index in [0.717, 1.165) is 34.9 Å². The lowest BCUT2D eigenvalue weighted by Gasteiger charge is -2.38. The Labute approximate surface area is 175 Å². The molecule has 152 valence electrons. The zero-order valence-corrected chi connectivity index (χ0v) is 17.1. The summed E-state index contributed by atoms with van der Waals surface area (Å²) >= 11 is 7.94. The normalized spacial score (nSPS) is 16.2. The molecule has 29 heavy (non-hydrogen) atoms. The molecule has 1 saturated heterocycles. The smallest absolute Gasteiger partial charge is 0.292 e. The highest BCUT2D eigenvalue weighted by Gasteiger charge is 2.26. The van der Waals surface area contributed by atoms with Crippen molar-refractivity contribution in [1.82, 2.24) is 19.7 Å². The van der Waals surface area contributed by atoms with Crippen LogP contribution >= 0.6 is 22.9 Å². The average Bonchev–Trinajstić information content (AvgIpc) is 3.25. The van der Waals surface area contributed by atoms with Gasteiger partial charge in [-0.2, -0.15) is 9.78 Å². The molecule has 0 radical (unpaired) electrons. The molecule has 1 aromatic carbocycles. The molecule has 6 nitrogen and oxygen atoms in total. The first kappa shape index (κ1) is 19.9. The van der Waals surface area contributed by atoms with E-state index in [-0.39, 0.29) is 16.8 Å². The lowest BCUT2D eigenvalue weighted by atomic mass is 10.2. The Morgan fingerprint density at radius 1 is 1.17 bits per heavy atom. The first-order valence-electron chi connectivity index (χ1n) is 9.07. The van der Waals surface area contributed by atoms with E-state index in [1.165, 1.54) is 6.20 Å². The van der Waals surface area contributed by atoms with Gasteiger partial charge in [-0.25, -0.2) is 13.8 Å². The number of aromatic nitrogens is 3. The van der Waals surface area contributed by atoms with Crippen LogP contribution in [0.5, 0.6) is 0 Å². The molecule has 0 amide bonds. The van der Waals surface area contributed by atoms with Gasteiger partial charge in [0.25, 0.3) is 5.56 Å². The van der Waals surface area contributed by atoms with Gasteiger partial charge in [0, 0.05) is 43.8 Å². The van der Waals surface area contributed by atoms with Gasteiger partial charge < -0.3 is 4.90 Å². The zero-order valence-electron chi connectivity index (χ0n) is 15.6. The summed E-state index contributed by atoms with van der Waals surface area (Å²) in [6.07, 6.45) is 3.25. The molecule has 1 fully saturated rings. The number of piperazine rings is 1. The quantitative estimate of drug-likeness (QED) is 0.625. The Morgan fingerprint density at radius 2 is 1.93 bits per heavy atom. The molecule has 1 aliphatic heterocycles. The summed E-state index contributed by atoms with van der Waals surface area (Å²) in [5, 5.41) is 7.06. The van der Waals surface area contributed by atoms with Crippen LogP contribution in [0.25, 0.3) is 5.69 Å². The number of hydrogen-bond donors (Lipinski definition) is 0. The maximum Gasteiger partial charge on any atom is 0.292 e. The second-order valence-corrected chi connectivity index (χ2v) is 8.03. The topological polar surface area (TPSA) is 54.3 Å². The second-order valence-electron chi connectivity index (χ2n) is 6.73. The second kappa shape index (κ2) is 8.17. The van der Waals surface area contributed by atoms with E-state index in [1.54, 1.807) is 17.5 Å². The number of rotatable bonds is 4. The first-order valence-corrected chi connectivity index (χ1v) is 10.3. The van der Waals surface area contributed by atoms with Gasteiger partial charge in [-0.1, -0.05) is 11.6 Å². The lowest BCUT2D eigenvalue weighted by Crippen LogP contribution is -2.47. The molecule has 0 bridgehead atoms. The molecule has 0 N–H and O–H groups in total. The summed E-state index contributed by atoms with van der Waals surface area (Å²) in [5.74, 6) is -1.61. The largest absolute Gasteiger partial charge is 0.366 e. The van der Waals surface area contributed by atoms with Gasteiger partial charge in [-0.05, 0) is 19.1 Å². The third-order valence-corrected chi connectivity index (χ3v) is 6.35. The standard InChI is InChI=1S/C19H18ClF2N5OS/c1-12(18-23-4-9-29-18)25-5-7-26(8-6-25)16-11-24-27(19(28)17(16)20)15-3-2-13(21)10-14(15)22/h2-4,9-12H,5-8H2,1H3. The van der Waals surface area contributed by atoms with Gasteiger partial charge in [0.15, 0.2) is 5.82 Å². The molecule has 2 aromatic heterocycles. The maximum atomic E-state index is 14.0. The SMILES string of the molecule is CC(c1nccs1)N1CCN(c2cnn(-c3ccc(F)cc3F)c(=O)c2Cl)CC1. The van der Waals surface area contributed by atoms with Crippen LogP contribution in [-0.4, -0.2) is 45.8 Å². The molecule has 0 spiro atoms. The Balaban J connectivity index is 1.53. The lowest BCUT2D eigenvalue weighted by molar-refractivity contribution is 0.198. The summed E-state index contributed by atoms with van der Waals surface area (Å²) in [5.41, 5.74) is -0.280. The van der Waals surface area contributed by atoms with Gasteiger partial charge >= 0.3 is 0 Å². The van der Waals surface area contributed by atoms with Crippen molar-refractivity contribution in [2.24, 2.45) is 0 Å². The molecular formula is C19H18ClF2N5OS. The van der Waals surface area contributed by atoms with Crippen molar-refractivity contribution < 1.29 is 8.78 Å². The van der Waals surface area contributed by atoms with Crippen molar-refractivity contribution in [2.75, 3.05) is 31.1 Å². The Hall–Kier alpha value is -2.36. The number of hydrogen-bond acceptors (Lipinski definition) is 6. The van der Waals surface area contributed by atoms with E-state index in [4.69, 9.17) is 11.6 Å². The highest BCUT2D eigenvalue weighted by molar-refractivity contribution is 7.09. The third kappa shape index (κ3) is 3.90. The van der Waals surface area contributed by atoms with E-state index >= 15 is 0 Å². The van der Waals surface area contributed by atoms with E-state index in [0.29, 0.717) is 24.8 Å². The Kier molecular flexibility index (Phi) is 5.62. The first-order chi connectivity index (χ1) is 14.0. The van der Waals surface area contributed by atoms with Crippen LogP contribution in [0, 0.1) is 11.6 Å². The number of halogens is 3. The van der Waals surface area contributed by atoms with Crippen LogP contribution in [0.2, 0.25) is 5.02 Å². The summed E-state index contributed by atoms with van der Waals surface area (Å²) in [6.45, 7) is 5.04. The highest BCUT2D eigenvalue weighted by atomic mass is 35.5. The number of nitrogens with zero attached hydrogens (tertiary/aromatic N) is 5. The predicted octanol–water partition coefficient (Wildman–Crippen LogP) is 3.50. The molecule has 4 rings (SSSR count). The van der Waals surface area contributed by atoms with Gasteiger partial charge in [0.2, 0.25) is 0 Å². The fraction of sp³-hybridized carbons (Fsp3) is 0.316. The third-order valence-electron chi connectivity index (χ3n) is 5.05. The van der Waals surface area contributed by atoms with Crippen molar-refractivity contribution in [1.29, 1.82) is 0 Å². The molecular weight excluding hydrogens is 420 g/mol. The van der Waals surface area contributed by atoms with Crippen molar-refractivity contribution in [2.45, 2.75) is 13.0 Å². The minimum absolute atomic E-state index is 0.0369. The molecule has 1 atom stereocenters. The number of benzene rings is 1. The van der Waals surface area contributed by atoms with E-state index < -0.39 is 17.2 Å². The van der Waals surface area contributed by atoms with Crippen LogP contribution < -0.4 is 10.5 Å². The molecule has 0 aliphatic carbocycles. The minimum Gasteiger partial charge on any atom is -0.366 e. The fourth-order valence-corrected chi connectivity index (χ4v) is 4.39. The maximum absolute atomic E-state index is 14.0. The summed E-state index contributed by atoms with van der Waals surface area (Å²) in [6, 6.07) is 3.15. The van der Waals surface area contributed by atoms with Crippen LogP contribution in [0.3, 0.4) is 0 Å². The summed E-state index contributed by atoms with van der Waals surface area (Å²) in [4.78, 5) is 21.4. The summed E-state index contributed by atoms with van der Waals surface area (Å²) in [7, 11) is 0. The van der Waals surface area contributed by atoms with E-state index in [9.17, 15) is 13.6 Å². The summed E-state index contributed by atoms with van der Waals surface area (Å²) < 4.78 is 28.0. The van der Waals surface area contributed by atoms with E-state index in [1.807, 2.05) is 10.3 Å². The predicted molar refractivity (Wildman–Crippen MR) is 109 cm³/mol. The molecule has 1 aliphatic rings. The number of thiazole rings is 1. The van der Waals surface area contributed by atoms with Crippen molar-refractivity contribution in [3.8, 4) is 5.69 Å². The average molecular weight is 438 g/mol. The van der Waals surface area contributed by atoms with Crippen LogP contribution in [-0.2, 0) is 0 Å². The fourth-order valence-electron chi connectivity index (χ4n) is 3.42. The minimum atomic E-state index is -0.881. The Morgan fingerprint density at radius 3 is 2.59 bits per heavy atom. The van der Waals surface area contributed by atoms with Crippen molar-refractivity contribution in [3.05, 3.63) is 68.0 Å². The number of anilines is 1. The van der Waals surface area contributed by atoms with Gasteiger partial charge in [-0.15, -0.1) is 11.3 Å². The zero-order chi connectivity index (χ0) is 20.5. The van der Waals surface area contributed by atoms with Crippen molar-refractivity contribution in [3.63, 3.8) is 0 Å². The van der Waals surface area contributed by atoms with E-state index in [2.05, 4.69) is 21.9 Å². The van der Waals surface area contributed by atoms with Crippen LogP contribution in [0.15, 0.2) is 40.8 Å². The molecule has 0 saturated carbocycles. The molecule has 1 unspecified atom stereocenters. The highest BCUT2D eigenvalue weighted by Crippen LogP contribution is 2.27. The molecule has 10 heteroatoms. The van der Waals surface area contributed by atoms with Gasteiger partial charge in [0.1, 0.15) is 21.5 Å². The Bertz CT molecular complexity index is 1070. The molecule has 3 heterocycles. The van der Waals surface area contributed by atoms with Crippen LogP contribution in [0.1, 0.15) is 18.0 Å². The van der Waals surface area contributed by atoms with Crippen LogP contribution in [0.4, 0.5) is 14.5 Å². The monoisotopic (exact) mass is 437 g/mol. The van der Waals surface area contributed by atoms with Crippen molar-refractivity contribution >= 4 is 28.6 Å². The van der Waals surface area contributed by atoms with Gasteiger partial charge in [-0.3, -0.25) is 9.69 Å². The van der Waals surface area contributed by atoms with Gasteiger partial charge in [0.05, 0.1) is 17.9 Å².